The Morgan fingerprint density at radius 3 is 2.31 bits per heavy atom. The second kappa shape index (κ2) is 7.35. The van der Waals surface area contributed by atoms with E-state index in [1.54, 1.807) is 0 Å². The molecule has 0 bridgehead atoms. The van der Waals surface area contributed by atoms with Crippen LogP contribution >= 0.6 is 0 Å². The fraction of sp³-hybridized carbons (Fsp3) is 1.00. The van der Waals surface area contributed by atoms with Crippen molar-refractivity contribution in [3.05, 3.63) is 0 Å². The van der Waals surface area contributed by atoms with Crippen molar-refractivity contribution >= 4 is 0 Å². The lowest BCUT2D eigenvalue weighted by atomic mass is 9.70. The minimum atomic E-state index is 0.697. The number of hydrogen-bond donors (Lipinski definition) is 0. The van der Waals surface area contributed by atoms with Crippen molar-refractivity contribution in [1.82, 2.24) is 0 Å². The summed E-state index contributed by atoms with van der Waals surface area (Å²) in [4.78, 5) is 0. The van der Waals surface area contributed by atoms with Crippen molar-refractivity contribution < 1.29 is 0 Å². The van der Waals surface area contributed by atoms with Crippen LogP contribution in [0.1, 0.15) is 91.4 Å². The van der Waals surface area contributed by atoms with Gasteiger partial charge in [-0.3, -0.25) is 0 Å². The van der Waals surface area contributed by atoms with Crippen molar-refractivity contribution in [2.45, 2.75) is 91.4 Å². The summed E-state index contributed by atoms with van der Waals surface area (Å²) in [6, 6.07) is 0. The summed E-state index contributed by atoms with van der Waals surface area (Å²) in [5.74, 6) is 0.958. The van der Waals surface area contributed by atoms with Crippen LogP contribution in [0, 0.1) is 11.3 Å². The largest absolute Gasteiger partial charge is 0.0654 e. The third kappa shape index (κ3) is 5.37. The zero-order valence-electron chi connectivity index (χ0n) is 11.9. The molecule has 1 aliphatic carbocycles. The molecule has 0 aliphatic heterocycles. The van der Waals surface area contributed by atoms with Gasteiger partial charge in [0.05, 0.1) is 0 Å². The van der Waals surface area contributed by atoms with E-state index in [1.807, 2.05) is 0 Å². The molecule has 96 valence electrons. The highest BCUT2D eigenvalue weighted by atomic mass is 14.3. The van der Waals surface area contributed by atoms with E-state index >= 15 is 0 Å². The molecule has 1 aliphatic rings. The summed E-state index contributed by atoms with van der Waals surface area (Å²) in [7, 11) is 0. The second-order valence-corrected chi connectivity index (χ2v) is 6.53. The molecule has 1 atom stereocenters. The molecule has 0 radical (unpaired) electrons. The van der Waals surface area contributed by atoms with Crippen LogP contribution in [0.2, 0.25) is 0 Å². The van der Waals surface area contributed by atoms with Crippen LogP contribution in [0.25, 0.3) is 0 Å². The molecule has 0 saturated heterocycles. The number of hydrogen-bond acceptors (Lipinski definition) is 0. The predicted octanol–water partition coefficient (Wildman–Crippen LogP) is 5.95. The monoisotopic (exact) mass is 224 g/mol. The Bertz CT molecular complexity index is 165. The highest BCUT2D eigenvalue weighted by Gasteiger charge is 2.28. The lowest BCUT2D eigenvalue weighted by Crippen LogP contribution is -2.22. The van der Waals surface area contributed by atoms with Crippen LogP contribution in [0.15, 0.2) is 0 Å². The lowest BCUT2D eigenvalue weighted by Gasteiger charge is -2.36. The SMILES string of the molecule is CCCCCCC(C)CC1(C)CCCCC1. The Morgan fingerprint density at radius 1 is 1.00 bits per heavy atom. The van der Waals surface area contributed by atoms with Gasteiger partial charge < -0.3 is 0 Å². The summed E-state index contributed by atoms with van der Waals surface area (Å²) >= 11 is 0. The highest BCUT2D eigenvalue weighted by molar-refractivity contribution is 4.80. The van der Waals surface area contributed by atoms with Crippen molar-refractivity contribution in [2.24, 2.45) is 11.3 Å². The molecule has 0 N–H and O–H groups in total. The molecule has 0 aromatic carbocycles. The summed E-state index contributed by atoms with van der Waals surface area (Å²) in [5, 5.41) is 0. The van der Waals surface area contributed by atoms with Crippen LogP contribution in [0.4, 0.5) is 0 Å². The molecule has 0 amide bonds. The van der Waals surface area contributed by atoms with Gasteiger partial charge in [-0.15, -0.1) is 0 Å². The van der Waals surface area contributed by atoms with E-state index in [1.165, 1.54) is 70.6 Å². The first-order valence-corrected chi connectivity index (χ1v) is 7.66. The van der Waals surface area contributed by atoms with E-state index < -0.39 is 0 Å². The quantitative estimate of drug-likeness (QED) is 0.468. The molecule has 0 aromatic rings. The fourth-order valence-electron chi connectivity index (χ4n) is 3.47. The first kappa shape index (κ1) is 14.1. The van der Waals surface area contributed by atoms with E-state index in [2.05, 4.69) is 20.8 Å². The zero-order valence-corrected chi connectivity index (χ0v) is 11.9. The van der Waals surface area contributed by atoms with Gasteiger partial charge in [0.25, 0.3) is 0 Å². The zero-order chi connectivity index (χ0) is 11.9. The van der Waals surface area contributed by atoms with Gasteiger partial charge in [0, 0.05) is 0 Å². The minimum Gasteiger partial charge on any atom is -0.0654 e. The van der Waals surface area contributed by atoms with E-state index in [0.717, 1.165) is 5.92 Å². The molecular formula is C16H32. The molecule has 0 heteroatoms. The maximum atomic E-state index is 2.54. The third-order valence-corrected chi connectivity index (χ3v) is 4.45. The summed E-state index contributed by atoms with van der Waals surface area (Å²) < 4.78 is 0. The third-order valence-electron chi connectivity index (χ3n) is 4.45. The minimum absolute atomic E-state index is 0.697. The highest BCUT2D eigenvalue weighted by Crippen LogP contribution is 2.41. The molecule has 0 nitrogen and oxygen atoms in total. The van der Waals surface area contributed by atoms with Gasteiger partial charge in [0.2, 0.25) is 0 Å². The fourth-order valence-corrected chi connectivity index (χ4v) is 3.47. The first-order chi connectivity index (χ1) is 7.66. The molecular weight excluding hydrogens is 192 g/mol. The maximum Gasteiger partial charge on any atom is -0.0323 e. The average Bonchev–Trinajstić information content (AvgIpc) is 2.25. The van der Waals surface area contributed by atoms with Crippen LogP contribution < -0.4 is 0 Å². The van der Waals surface area contributed by atoms with Crippen LogP contribution in [-0.4, -0.2) is 0 Å². The van der Waals surface area contributed by atoms with Crippen molar-refractivity contribution in [2.75, 3.05) is 0 Å². The standard InChI is InChI=1S/C16H32/c1-4-5-6-8-11-15(2)14-16(3)12-9-7-10-13-16/h15H,4-14H2,1-3H3. The molecule has 0 heterocycles. The summed E-state index contributed by atoms with van der Waals surface area (Å²) in [6.45, 7) is 7.31. The smallest absolute Gasteiger partial charge is 0.0323 e. The van der Waals surface area contributed by atoms with Crippen LogP contribution in [-0.2, 0) is 0 Å². The Morgan fingerprint density at radius 2 is 1.69 bits per heavy atom. The van der Waals surface area contributed by atoms with Crippen LogP contribution in [0.5, 0.6) is 0 Å². The normalized spacial score (nSPS) is 21.9. The van der Waals surface area contributed by atoms with Crippen LogP contribution in [0.3, 0.4) is 0 Å². The maximum absolute atomic E-state index is 2.54. The van der Waals surface area contributed by atoms with E-state index in [0.29, 0.717) is 5.41 Å². The summed E-state index contributed by atoms with van der Waals surface area (Å²) in [6.07, 6.45) is 16.1. The molecule has 1 rings (SSSR count). The summed E-state index contributed by atoms with van der Waals surface area (Å²) in [5.41, 5.74) is 0.697. The Labute approximate surface area is 103 Å². The van der Waals surface area contributed by atoms with Gasteiger partial charge in [0.1, 0.15) is 0 Å². The number of unbranched alkanes of at least 4 members (excludes halogenated alkanes) is 3. The first-order valence-electron chi connectivity index (χ1n) is 7.66. The Kier molecular flexibility index (Phi) is 6.46. The van der Waals surface area contributed by atoms with E-state index in [9.17, 15) is 0 Å². The van der Waals surface area contributed by atoms with Gasteiger partial charge >= 0.3 is 0 Å². The van der Waals surface area contributed by atoms with Crippen molar-refractivity contribution in [3.63, 3.8) is 0 Å². The molecule has 16 heavy (non-hydrogen) atoms. The van der Waals surface area contributed by atoms with Gasteiger partial charge in [0.15, 0.2) is 0 Å². The molecule has 0 aromatic heterocycles. The lowest BCUT2D eigenvalue weighted by molar-refractivity contribution is 0.165. The van der Waals surface area contributed by atoms with Gasteiger partial charge in [-0.05, 0) is 30.6 Å². The average molecular weight is 224 g/mol. The molecule has 1 saturated carbocycles. The second-order valence-electron chi connectivity index (χ2n) is 6.53. The van der Waals surface area contributed by atoms with Gasteiger partial charge in [-0.25, -0.2) is 0 Å². The predicted molar refractivity (Wildman–Crippen MR) is 73.7 cm³/mol. The van der Waals surface area contributed by atoms with E-state index in [4.69, 9.17) is 0 Å². The van der Waals surface area contributed by atoms with Gasteiger partial charge in [-0.1, -0.05) is 72.1 Å². The van der Waals surface area contributed by atoms with E-state index in [-0.39, 0.29) is 0 Å². The molecule has 1 unspecified atom stereocenters. The molecule has 1 fully saturated rings. The number of rotatable bonds is 7. The molecule has 0 spiro atoms. The Balaban J connectivity index is 2.14. The van der Waals surface area contributed by atoms with Crippen molar-refractivity contribution in [1.29, 1.82) is 0 Å². The Hall–Kier alpha value is 0. The topological polar surface area (TPSA) is 0 Å². The van der Waals surface area contributed by atoms with Crippen molar-refractivity contribution in [3.8, 4) is 0 Å². The van der Waals surface area contributed by atoms with Gasteiger partial charge in [-0.2, -0.15) is 0 Å².